The normalized spacial score (nSPS) is 14.5. The van der Waals surface area contributed by atoms with Crippen molar-refractivity contribution in [3.8, 4) is 10.6 Å². The minimum absolute atomic E-state index is 0.00549. The molecule has 0 atom stereocenters. The predicted octanol–water partition coefficient (Wildman–Crippen LogP) is 5.20. The van der Waals surface area contributed by atoms with Crippen molar-refractivity contribution in [2.45, 2.75) is 31.9 Å². The van der Waals surface area contributed by atoms with Gasteiger partial charge in [-0.1, -0.05) is 29.8 Å². The standard InChI is InChI=1S/C18H18ClF3N2OS/c19-15-4-2-1-3-14(15)17-23-13(11-26-17)9-16(25)24(10-12-5-6-12)8-7-18(20,21)22/h1-4,11-12H,5-10H2. The lowest BCUT2D eigenvalue weighted by Crippen LogP contribution is -2.36. The fourth-order valence-electron chi connectivity index (χ4n) is 2.60. The first-order valence-corrected chi connectivity index (χ1v) is 9.61. The summed E-state index contributed by atoms with van der Waals surface area (Å²) in [5.41, 5.74) is 1.34. The SMILES string of the molecule is O=C(Cc1csc(-c2ccccc2Cl)n1)N(CCC(F)(F)F)CC1CC1. The minimum atomic E-state index is -4.26. The summed E-state index contributed by atoms with van der Waals surface area (Å²) in [5.74, 6) is 0.0264. The smallest absolute Gasteiger partial charge is 0.342 e. The van der Waals surface area contributed by atoms with Crippen molar-refractivity contribution in [2.24, 2.45) is 5.92 Å². The van der Waals surface area contributed by atoms with Crippen LogP contribution in [-0.2, 0) is 11.2 Å². The number of thiazole rings is 1. The molecule has 0 saturated heterocycles. The van der Waals surface area contributed by atoms with Gasteiger partial charge in [-0.3, -0.25) is 4.79 Å². The average Bonchev–Trinajstić information content (AvgIpc) is 3.28. The molecule has 1 aliphatic carbocycles. The largest absolute Gasteiger partial charge is 0.390 e. The molecular formula is C18H18ClF3N2OS. The van der Waals surface area contributed by atoms with E-state index in [4.69, 9.17) is 11.6 Å². The molecule has 0 bridgehead atoms. The maximum Gasteiger partial charge on any atom is 0.390 e. The zero-order valence-electron chi connectivity index (χ0n) is 13.9. The van der Waals surface area contributed by atoms with Crippen molar-refractivity contribution in [1.82, 2.24) is 9.88 Å². The number of nitrogens with zero attached hydrogens (tertiary/aromatic N) is 2. The van der Waals surface area contributed by atoms with Gasteiger partial charge in [-0.15, -0.1) is 11.3 Å². The predicted molar refractivity (Wildman–Crippen MR) is 96.2 cm³/mol. The van der Waals surface area contributed by atoms with E-state index in [2.05, 4.69) is 4.98 Å². The summed E-state index contributed by atoms with van der Waals surface area (Å²) < 4.78 is 37.6. The van der Waals surface area contributed by atoms with E-state index in [1.807, 2.05) is 18.2 Å². The second kappa shape index (κ2) is 7.96. The zero-order chi connectivity index (χ0) is 18.7. The molecule has 0 aliphatic heterocycles. The number of alkyl halides is 3. The highest BCUT2D eigenvalue weighted by molar-refractivity contribution is 7.13. The molecule has 2 aromatic rings. The number of aromatic nitrogens is 1. The molecule has 0 spiro atoms. The highest BCUT2D eigenvalue weighted by Crippen LogP contribution is 2.32. The Morgan fingerprint density at radius 3 is 2.69 bits per heavy atom. The first-order valence-electron chi connectivity index (χ1n) is 8.35. The molecule has 26 heavy (non-hydrogen) atoms. The lowest BCUT2D eigenvalue weighted by atomic mass is 10.2. The van der Waals surface area contributed by atoms with Crippen LogP contribution in [0.3, 0.4) is 0 Å². The van der Waals surface area contributed by atoms with Crippen molar-refractivity contribution in [3.63, 3.8) is 0 Å². The maximum atomic E-state index is 12.5. The van der Waals surface area contributed by atoms with Crippen LogP contribution in [0.1, 0.15) is 25.0 Å². The van der Waals surface area contributed by atoms with Gasteiger partial charge in [-0.25, -0.2) is 4.98 Å². The first kappa shape index (κ1) is 19.2. The molecule has 8 heteroatoms. The Hall–Kier alpha value is -1.60. The lowest BCUT2D eigenvalue weighted by Gasteiger charge is -2.23. The van der Waals surface area contributed by atoms with Crippen LogP contribution >= 0.6 is 22.9 Å². The van der Waals surface area contributed by atoms with Crippen molar-refractivity contribution in [1.29, 1.82) is 0 Å². The van der Waals surface area contributed by atoms with Gasteiger partial charge in [0.2, 0.25) is 5.91 Å². The van der Waals surface area contributed by atoms with Crippen LogP contribution in [0.2, 0.25) is 5.02 Å². The summed E-state index contributed by atoms with van der Waals surface area (Å²) in [6.45, 7) is 0.108. The Kier molecular flexibility index (Phi) is 5.87. The van der Waals surface area contributed by atoms with Crippen LogP contribution in [0.5, 0.6) is 0 Å². The topological polar surface area (TPSA) is 33.2 Å². The van der Waals surface area contributed by atoms with Crippen molar-refractivity contribution >= 4 is 28.8 Å². The first-order chi connectivity index (χ1) is 12.3. The molecule has 140 valence electrons. The number of halogens is 4. The van der Waals surface area contributed by atoms with E-state index in [1.165, 1.54) is 16.2 Å². The van der Waals surface area contributed by atoms with Gasteiger partial charge in [0, 0.05) is 24.0 Å². The van der Waals surface area contributed by atoms with Crippen LogP contribution in [0.25, 0.3) is 10.6 Å². The third-order valence-corrected chi connectivity index (χ3v) is 5.44. The van der Waals surface area contributed by atoms with E-state index in [0.717, 1.165) is 18.4 Å². The molecule has 0 unspecified atom stereocenters. The fourth-order valence-corrected chi connectivity index (χ4v) is 3.74. The van der Waals surface area contributed by atoms with Crippen LogP contribution in [0.4, 0.5) is 13.2 Å². The number of benzene rings is 1. The van der Waals surface area contributed by atoms with Gasteiger partial charge < -0.3 is 4.90 Å². The summed E-state index contributed by atoms with van der Waals surface area (Å²) in [7, 11) is 0. The maximum absolute atomic E-state index is 12.5. The summed E-state index contributed by atoms with van der Waals surface area (Å²) in [6.07, 6.45) is -3.29. The Balaban J connectivity index is 1.66. The summed E-state index contributed by atoms with van der Waals surface area (Å²) >= 11 is 7.53. The summed E-state index contributed by atoms with van der Waals surface area (Å²) in [6, 6.07) is 7.27. The molecule has 1 amide bonds. The van der Waals surface area contributed by atoms with Crippen LogP contribution in [-0.4, -0.2) is 35.1 Å². The molecule has 0 radical (unpaired) electrons. The van der Waals surface area contributed by atoms with Crippen molar-refractivity contribution in [2.75, 3.05) is 13.1 Å². The van der Waals surface area contributed by atoms with Gasteiger partial charge in [0.15, 0.2) is 0 Å². The lowest BCUT2D eigenvalue weighted by molar-refractivity contribution is -0.145. The van der Waals surface area contributed by atoms with Crippen LogP contribution < -0.4 is 0 Å². The highest BCUT2D eigenvalue weighted by Gasteiger charge is 2.32. The molecule has 0 N–H and O–H groups in total. The van der Waals surface area contributed by atoms with Gasteiger partial charge in [0.05, 0.1) is 23.6 Å². The van der Waals surface area contributed by atoms with Crippen LogP contribution in [0, 0.1) is 5.92 Å². The van der Waals surface area contributed by atoms with Crippen LogP contribution in [0.15, 0.2) is 29.6 Å². The van der Waals surface area contributed by atoms with E-state index in [9.17, 15) is 18.0 Å². The molecule has 1 aromatic heterocycles. The van der Waals surface area contributed by atoms with Crippen molar-refractivity contribution in [3.05, 3.63) is 40.4 Å². The van der Waals surface area contributed by atoms with E-state index in [1.54, 1.807) is 11.4 Å². The van der Waals surface area contributed by atoms with E-state index in [-0.39, 0.29) is 18.9 Å². The zero-order valence-corrected chi connectivity index (χ0v) is 15.5. The number of amides is 1. The molecule has 3 nitrogen and oxygen atoms in total. The summed E-state index contributed by atoms with van der Waals surface area (Å²) in [4.78, 5) is 18.3. The Labute approximate surface area is 158 Å². The van der Waals surface area contributed by atoms with E-state index >= 15 is 0 Å². The fraction of sp³-hybridized carbons (Fsp3) is 0.444. The Morgan fingerprint density at radius 2 is 2.04 bits per heavy atom. The molecule has 1 aliphatic rings. The molecule has 1 heterocycles. The van der Waals surface area contributed by atoms with E-state index < -0.39 is 12.6 Å². The monoisotopic (exact) mass is 402 g/mol. The molecule has 3 rings (SSSR count). The van der Waals surface area contributed by atoms with Gasteiger partial charge in [0.25, 0.3) is 0 Å². The Morgan fingerprint density at radius 1 is 1.31 bits per heavy atom. The number of hydrogen-bond donors (Lipinski definition) is 0. The molecular weight excluding hydrogens is 385 g/mol. The molecule has 1 aromatic carbocycles. The number of carbonyl (C=O) groups excluding carboxylic acids is 1. The van der Waals surface area contributed by atoms with Gasteiger partial charge >= 0.3 is 6.18 Å². The Bertz CT molecular complexity index is 774. The minimum Gasteiger partial charge on any atom is -0.342 e. The molecule has 1 saturated carbocycles. The third-order valence-electron chi connectivity index (χ3n) is 4.18. The second-order valence-electron chi connectivity index (χ2n) is 6.45. The van der Waals surface area contributed by atoms with E-state index in [0.29, 0.717) is 28.2 Å². The highest BCUT2D eigenvalue weighted by atomic mass is 35.5. The number of rotatable bonds is 7. The van der Waals surface area contributed by atoms with Crippen molar-refractivity contribution < 1.29 is 18.0 Å². The summed E-state index contributed by atoms with van der Waals surface area (Å²) in [5, 5.41) is 3.03. The quantitative estimate of drug-likeness (QED) is 0.638. The van der Waals surface area contributed by atoms with Gasteiger partial charge in [-0.05, 0) is 24.8 Å². The number of carbonyl (C=O) groups is 1. The second-order valence-corrected chi connectivity index (χ2v) is 7.71. The third kappa shape index (κ3) is 5.45. The average molecular weight is 403 g/mol. The van der Waals surface area contributed by atoms with Gasteiger partial charge in [-0.2, -0.15) is 13.2 Å². The number of hydrogen-bond acceptors (Lipinski definition) is 3. The molecule has 1 fully saturated rings. The van der Waals surface area contributed by atoms with Gasteiger partial charge in [0.1, 0.15) is 5.01 Å².